The molecule has 20 heavy (non-hydrogen) atoms. The summed E-state index contributed by atoms with van der Waals surface area (Å²) in [4.78, 5) is 0. The lowest BCUT2D eigenvalue weighted by atomic mass is 10.4. The van der Waals surface area contributed by atoms with Crippen molar-refractivity contribution >= 4 is 47.2 Å². The molecule has 1 rings (SSSR count). The predicted molar refractivity (Wildman–Crippen MR) is 102 cm³/mol. The van der Waals surface area contributed by atoms with Crippen LogP contribution in [0.15, 0.2) is 12.1 Å². The molecule has 1 aromatic rings. The van der Waals surface area contributed by atoms with Crippen molar-refractivity contribution < 1.29 is 0 Å². The molecule has 0 spiro atoms. The van der Waals surface area contributed by atoms with Gasteiger partial charge < -0.3 is 0 Å². The monoisotopic (exact) mass is 355 g/mol. The van der Waals surface area contributed by atoms with Gasteiger partial charge in [-0.15, -0.1) is 23.7 Å². The van der Waals surface area contributed by atoms with Crippen molar-refractivity contribution in [2.24, 2.45) is 0 Å². The zero-order valence-electron chi connectivity index (χ0n) is 13.2. The number of hydrogen-bond acceptors (Lipinski definition) is 1. The first kappa shape index (κ1) is 20.7. The number of rotatable bonds is 10. The Labute approximate surface area is 141 Å². The molecule has 0 aliphatic heterocycles. The largest absolute Gasteiger partial charge is 0.147 e. The van der Waals surface area contributed by atoms with E-state index in [1.807, 2.05) is 11.3 Å². The minimum Gasteiger partial charge on any atom is -0.147 e. The molecule has 0 unspecified atom stereocenters. The van der Waals surface area contributed by atoms with Crippen LogP contribution in [0.4, 0.5) is 0 Å². The molecule has 0 aliphatic rings. The SMILES string of the molecule is CCCC[P](CCCC)(CCCC)c1ccc(Cl)s1.Cl. The first-order chi connectivity index (χ1) is 9.18. The number of unbranched alkanes of at least 4 members (excludes halogenated alkanes) is 3. The average molecular weight is 356 g/mol. The van der Waals surface area contributed by atoms with E-state index in [0.29, 0.717) is 0 Å². The molecule has 1 heterocycles. The van der Waals surface area contributed by atoms with Crippen LogP contribution in [0.5, 0.6) is 0 Å². The third-order valence-electron chi connectivity index (χ3n) is 3.85. The summed E-state index contributed by atoms with van der Waals surface area (Å²) in [5, 5.41) is 0. The predicted octanol–water partition coefficient (Wildman–Crippen LogP) is 6.87. The fraction of sp³-hybridized carbons (Fsp3) is 0.750. The van der Waals surface area contributed by atoms with Crippen molar-refractivity contribution in [2.45, 2.75) is 59.3 Å². The van der Waals surface area contributed by atoms with Crippen molar-refractivity contribution in [3.05, 3.63) is 16.5 Å². The molecule has 0 N–H and O–H groups in total. The molecule has 0 aliphatic carbocycles. The zero-order valence-corrected chi connectivity index (χ0v) is 16.4. The fourth-order valence-corrected chi connectivity index (χ4v) is 9.93. The summed E-state index contributed by atoms with van der Waals surface area (Å²) in [6.07, 6.45) is 12.4. The summed E-state index contributed by atoms with van der Waals surface area (Å²) in [5.41, 5.74) is 0. The van der Waals surface area contributed by atoms with E-state index in [0.717, 1.165) is 4.34 Å². The van der Waals surface area contributed by atoms with Gasteiger partial charge in [0.05, 0.1) is 4.34 Å². The summed E-state index contributed by atoms with van der Waals surface area (Å²) in [6, 6.07) is 4.45. The molecule has 0 amide bonds. The standard InChI is InChI=1S/C16H29ClPS.ClH/c1-4-7-12-18(13-8-5-2,14-9-6-3)16-11-10-15(17)19-16;/h10-11H,4-9,12-14H2,1-3H3;1H. The Morgan fingerprint density at radius 1 is 0.900 bits per heavy atom. The van der Waals surface area contributed by atoms with Crippen LogP contribution in [0.3, 0.4) is 0 Å². The quantitative estimate of drug-likeness (QED) is 0.401. The molecule has 0 nitrogen and oxygen atoms in total. The van der Waals surface area contributed by atoms with Gasteiger partial charge in [-0.3, -0.25) is 0 Å². The van der Waals surface area contributed by atoms with Crippen molar-refractivity contribution in [1.29, 1.82) is 0 Å². The molecule has 1 aromatic heterocycles. The summed E-state index contributed by atoms with van der Waals surface area (Å²) >= 11 is 8.07. The van der Waals surface area contributed by atoms with Gasteiger partial charge in [-0.05, 0) is 49.9 Å². The molecule has 0 fully saturated rings. The van der Waals surface area contributed by atoms with E-state index in [2.05, 4.69) is 32.9 Å². The van der Waals surface area contributed by atoms with Gasteiger partial charge in [0, 0.05) is 4.62 Å². The molecule has 0 atom stereocenters. The number of hydrogen-bond donors (Lipinski definition) is 0. The normalized spacial score (nSPS) is 11.4. The molecular formula is C16H30Cl2PS. The Morgan fingerprint density at radius 2 is 1.35 bits per heavy atom. The highest BCUT2D eigenvalue weighted by Gasteiger charge is 2.29. The van der Waals surface area contributed by atoms with Crippen LogP contribution < -0.4 is 4.62 Å². The Balaban J connectivity index is 0.00000361. The number of thiophene rings is 1. The molecule has 0 bridgehead atoms. The maximum absolute atomic E-state index is 6.20. The van der Waals surface area contributed by atoms with Crippen LogP contribution in [-0.2, 0) is 0 Å². The molecule has 1 radical (unpaired) electrons. The van der Waals surface area contributed by atoms with E-state index in [1.165, 1.54) is 57.0 Å². The first-order valence-corrected chi connectivity index (χ1v) is 11.3. The molecule has 0 saturated carbocycles. The highest BCUT2D eigenvalue weighted by molar-refractivity contribution is 7.87. The van der Waals surface area contributed by atoms with Crippen molar-refractivity contribution in [2.75, 3.05) is 18.5 Å². The van der Waals surface area contributed by atoms with Gasteiger partial charge in [0.1, 0.15) is 0 Å². The van der Waals surface area contributed by atoms with Gasteiger partial charge in [0.25, 0.3) is 0 Å². The fourth-order valence-electron chi connectivity index (χ4n) is 2.61. The maximum Gasteiger partial charge on any atom is 0.0934 e. The second kappa shape index (κ2) is 11.3. The Kier molecular flexibility index (Phi) is 11.7. The minimum absolute atomic E-state index is 0. The van der Waals surface area contributed by atoms with Gasteiger partial charge >= 0.3 is 0 Å². The van der Waals surface area contributed by atoms with Crippen LogP contribution in [0.2, 0.25) is 4.34 Å². The Morgan fingerprint density at radius 3 is 1.65 bits per heavy atom. The molecule has 119 valence electrons. The van der Waals surface area contributed by atoms with E-state index >= 15 is 0 Å². The highest BCUT2D eigenvalue weighted by atomic mass is 35.5. The Hall–Kier alpha value is 0.710. The third-order valence-corrected chi connectivity index (χ3v) is 10.9. The van der Waals surface area contributed by atoms with E-state index in [4.69, 9.17) is 11.6 Å². The third kappa shape index (κ3) is 6.22. The lowest BCUT2D eigenvalue weighted by Gasteiger charge is -2.36. The van der Waals surface area contributed by atoms with E-state index < -0.39 is 7.26 Å². The topological polar surface area (TPSA) is 0 Å². The van der Waals surface area contributed by atoms with E-state index in [1.54, 1.807) is 4.62 Å². The average Bonchev–Trinajstić information content (AvgIpc) is 2.85. The lowest BCUT2D eigenvalue weighted by molar-refractivity contribution is 0.841. The second-order valence-corrected chi connectivity index (χ2v) is 11.6. The number of halogens is 2. The van der Waals surface area contributed by atoms with Gasteiger partial charge in [0.2, 0.25) is 0 Å². The van der Waals surface area contributed by atoms with Crippen LogP contribution in [0.1, 0.15) is 59.3 Å². The summed E-state index contributed by atoms with van der Waals surface area (Å²) < 4.78 is 2.62. The van der Waals surface area contributed by atoms with Gasteiger partial charge in [0.15, 0.2) is 0 Å². The molecule has 4 heteroatoms. The van der Waals surface area contributed by atoms with E-state index in [-0.39, 0.29) is 12.4 Å². The molecule has 0 aromatic carbocycles. The first-order valence-electron chi connectivity index (χ1n) is 7.80. The Bertz CT molecular complexity index is 330. The minimum atomic E-state index is -0.943. The van der Waals surface area contributed by atoms with Crippen molar-refractivity contribution in [3.63, 3.8) is 0 Å². The summed E-state index contributed by atoms with van der Waals surface area (Å²) in [6.45, 7) is 6.95. The highest BCUT2D eigenvalue weighted by Crippen LogP contribution is 2.61. The molecule has 0 saturated heterocycles. The summed E-state index contributed by atoms with van der Waals surface area (Å²) in [5.74, 6) is 0. The molecular weight excluding hydrogens is 326 g/mol. The maximum atomic E-state index is 6.20. The van der Waals surface area contributed by atoms with Gasteiger partial charge in [-0.2, -0.15) is 0 Å². The summed E-state index contributed by atoms with van der Waals surface area (Å²) in [7, 11) is -0.943. The lowest BCUT2D eigenvalue weighted by Crippen LogP contribution is -2.18. The smallest absolute Gasteiger partial charge is 0.0934 e. The van der Waals surface area contributed by atoms with Crippen LogP contribution in [0, 0.1) is 0 Å². The van der Waals surface area contributed by atoms with Crippen LogP contribution in [-0.4, -0.2) is 18.5 Å². The van der Waals surface area contributed by atoms with Gasteiger partial charge in [-0.25, -0.2) is 0 Å². The van der Waals surface area contributed by atoms with Crippen molar-refractivity contribution in [1.82, 2.24) is 0 Å². The van der Waals surface area contributed by atoms with Crippen LogP contribution in [0.25, 0.3) is 0 Å². The van der Waals surface area contributed by atoms with Crippen molar-refractivity contribution in [3.8, 4) is 0 Å². The van der Waals surface area contributed by atoms with Gasteiger partial charge in [-0.1, -0.05) is 58.9 Å². The van der Waals surface area contributed by atoms with Crippen LogP contribution >= 0.6 is 42.6 Å². The second-order valence-electron chi connectivity index (χ2n) is 5.45. The zero-order chi connectivity index (χ0) is 14.1. The van der Waals surface area contributed by atoms with E-state index in [9.17, 15) is 0 Å².